The molecule has 4 aromatic rings. The van der Waals surface area contributed by atoms with E-state index < -0.39 is 5.97 Å². The van der Waals surface area contributed by atoms with E-state index in [2.05, 4.69) is 20.3 Å². The van der Waals surface area contributed by atoms with E-state index in [9.17, 15) is 9.59 Å². The summed E-state index contributed by atoms with van der Waals surface area (Å²) >= 11 is 0. The zero-order chi connectivity index (χ0) is 21.8. The number of rotatable bonds is 6. The average molecular weight is 414 g/mol. The smallest absolute Gasteiger partial charge is 0.338 e. The molecule has 2 heterocycles. The number of nitrogens with zero attached hydrogens (tertiary/aromatic N) is 2. The summed E-state index contributed by atoms with van der Waals surface area (Å²) in [7, 11) is 0. The van der Waals surface area contributed by atoms with Gasteiger partial charge in [0.2, 0.25) is 0 Å². The van der Waals surface area contributed by atoms with Crippen LogP contribution in [-0.2, 0) is 16.0 Å². The van der Waals surface area contributed by atoms with Gasteiger partial charge in [-0.15, -0.1) is 0 Å². The number of esters is 1. The van der Waals surface area contributed by atoms with Crippen molar-refractivity contribution in [3.63, 3.8) is 0 Å². The van der Waals surface area contributed by atoms with Crippen molar-refractivity contribution in [2.75, 3.05) is 11.9 Å². The van der Waals surface area contributed by atoms with Gasteiger partial charge in [-0.1, -0.05) is 25.1 Å². The summed E-state index contributed by atoms with van der Waals surface area (Å²) in [6.45, 7) is 3.59. The second-order valence-electron chi connectivity index (χ2n) is 7.15. The molecule has 0 fully saturated rings. The first-order valence-electron chi connectivity index (χ1n) is 10.0. The number of carbonyl (C=O) groups excluding carboxylic acids is 2. The third kappa shape index (κ3) is 4.45. The standard InChI is InChI=1S/C24H22N4O3/c1-3-16-7-4-6-15(2)22(16)28-21(29)14-31-24(30)17-9-10-19-20(12-17)27-23(26-19)18-8-5-11-25-13-18/h4-13H,3,14H2,1-2H3,(H,26,27)(H,28,29). The average Bonchev–Trinajstić information content (AvgIpc) is 3.23. The molecule has 4 rings (SSSR count). The van der Waals surface area contributed by atoms with Crippen LogP contribution in [0.25, 0.3) is 22.4 Å². The molecule has 0 aliphatic rings. The maximum atomic E-state index is 12.5. The number of fused-ring (bicyclic) bond motifs is 1. The largest absolute Gasteiger partial charge is 0.452 e. The molecule has 0 aliphatic carbocycles. The summed E-state index contributed by atoms with van der Waals surface area (Å²) in [5.74, 6) is -0.285. The number of pyridine rings is 1. The molecule has 0 unspecified atom stereocenters. The molecule has 0 saturated carbocycles. The highest BCUT2D eigenvalue weighted by atomic mass is 16.5. The van der Waals surface area contributed by atoms with Crippen molar-refractivity contribution in [3.05, 3.63) is 77.6 Å². The van der Waals surface area contributed by atoms with Crippen LogP contribution in [0, 0.1) is 6.92 Å². The number of benzene rings is 2. The first-order valence-corrected chi connectivity index (χ1v) is 10.0. The van der Waals surface area contributed by atoms with Crippen molar-refractivity contribution in [1.82, 2.24) is 15.0 Å². The van der Waals surface area contributed by atoms with Crippen molar-refractivity contribution in [2.45, 2.75) is 20.3 Å². The third-order valence-corrected chi connectivity index (χ3v) is 4.99. The minimum atomic E-state index is -0.574. The fraction of sp³-hybridized carbons (Fsp3) is 0.167. The molecule has 2 aromatic heterocycles. The van der Waals surface area contributed by atoms with Crippen LogP contribution >= 0.6 is 0 Å². The number of carbonyl (C=O) groups is 2. The van der Waals surface area contributed by atoms with Crippen LogP contribution in [0.2, 0.25) is 0 Å². The van der Waals surface area contributed by atoms with E-state index in [1.807, 2.05) is 44.2 Å². The number of ether oxygens (including phenoxy) is 1. The minimum Gasteiger partial charge on any atom is -0.452 e. The molecule has 0 saturated heterocycles. The first kappa shape index (κ1) is 20.3. The summed E-state index contributed by atoms with van der Waals surface area (Å²) in [6, 6.07) is 14.6. The Balaban J connectivity index is 1.43. The molecule has 0 bridgehead atoms. The molecule has 2 N–H and O–H groups in total. The van der Waals surface area contributed by atoms with Crippen LogP contribution in [0.1, 0.15) is 28.4 Å². The second kappa shape index (κ2) is 8.79. The SMILES string of the molecule is CCc1cccc(C)c1NC(=O)COC(=O)c1ccc2nc(-c3cccnc3)[nH]c2c1. The van der Waals surface area contributed by atoms with Gasteiger partial charge in [-0.2, -0.15) is 0 Å². The molecule has 0 aliphatic heterocycles. The van der Waals surface area contributed by atoms with E-state index >= 15 is 0 Å². The fourth-order valence-corrected chi connectivity index (χ4v) is 3.37. The van der Waals surface area contributed by atoms with Crippen molar-refractivity contribution < 1.29 is 14.3 Å². The number of aromatic amines is 1. The van der Waals surface area contributed by atoms with Gasteiger partial charge in [0.15, 0.2) is 6.61 Å². The van der Waals surface area contributed by atoms with Crippen LogP contribution in [0.15, 0.2) is 60.9 Å². The Morgan fingerprint density at radius 3 is 2.77 bits per heavy atom. The van der Waals surface area contributed by atoms with Gasteiger partial charge in [-0.05, 0) is 54.8 Å². The number of anilines is 1. The summed E-state index contributed by atoms with van der Waals surface area (Å²) in [5, 5.41) is 2.85. The number of H-pyrrole nitrogens is 1. The summed E-state index contributed by atoms with van der Waals surface area (Å²) in [4.78, 5) is 36.6. The zero-order valence-corrected chi connectivity index (χ0v) is 17.3. The minimum absolute atomic E-state index is 0.340. The Labute approximate surface area is 179 Å². The van der Waals surface area contributed by atoms with Crippen LogP contribution < -0.4 is 5.32 Å². The molecule has 31 heavy (non-hydrogen) atoms. The summed E-state index contributed by atoms with van der Waals surface area (Å²) < 4.78 is 5.22. The molecule has 156 valence electrons. The predicted molar refractivity (Wildman–Crippen MR) is 119 cm³/mol. The lowest BCUT2D eigenvalue weighted by atomic mass is 10.1. The number of hydrogen-bond acceptors (Lipinski definition) is 5. The molecule has 2 aromatic carbocycles. The van der Waals surface area contributed by atoms with E-state index in [1.54, 1.807) is 30.6 Å². The number of para-hydroxylation sites is 1. The summed E-state index contributed by atoms with van der Waals surface area (Å²) in [6.07, 6.45) is 4.20. The van der Waals surface area contributed by atoms with Gasteiger partial charge < -0.3 is 15.0 Å². The lowest BCUT2D eigenvalue weighted by Crippen LogP contribution is -2.22. The topological polar surface area (TPSA) is 97.0 Å². The Morgan fingerprint density at radius 2 is 2.00 bits per heavy atom. The molecular weight excluding hydrogens is 392 g/mol. The lowest BCUT2D eigenvalue weighted by Gasteiger charge is -2.13. The van der Waals surface area contributed by atoms with Gasteiger partial charge in [0, 0.05) is 23.6 Å². The van der Waals surface area contributed by atoms with Crippen molar-refractivity contribution in [2.24, 2.45) is 0 Å². The molecule has 0 atom stereocenters. The van der Waals surface area contributed by atoms with Crippen molar-refractivity contribution in [1.29, 1.82) is 0 Å². The molecule has 7 heteroatoms. The number of amides is 1. The van der Waals surface area contributed by atoms with Crippen molar-refractivity contribution in [3.8, 4) is 11.4 Å². The predicted octanol–water partition coefficient (Wildman–Crippen LogP) is 4.29. The zero-order valence-electron chi connectivity index (χ0n) is 17.3. The van der Waals surface area contributed by atoms with E-state index in [4.69, 9.17) is 4.74 Å². The van der Waals surface area contributed by atoms with E-state index in [0.29, 0.717) is 16.9 Å². The monoisotopic (exact) mass is 414 g/mol. The third-order valence-electron chi connectivity index (χ3n) is 4.99. The van der Waals surface area contributed by atoms with Gasteiger partial charge in [0.05, 0.1) is 16.6 Å². The summed E-state index contributed by atoms with van der Waals surface area (Å²) in [5.41, 5.74) is 5.38. The highest BCUT2D eigenvalue weighted by Crippen LogP contribution is 2.22. The van der Waals surface area contributed by atoms with Crippen LogP contribution in [0.3, 0.4) is 0 Å². The number of hydrogen-bond donors (Lipinski definition) is 2. The quantitative estimate of drug-likeness (QED) is 0.459. The van der Waals surface area contributed by atoms with Gasteiger partial charge in [0.1, 0.15) is 5.82 Å². The maximum Gasteiger partial charge on any atom is 0.338 e. The van der Waals surface area contributed by atoms with E-state index in [-0.39, 0.29) is 12.5 Å². The van der Waals surface area contributed by atoms with Gasteiger partial charge in [0.25, 0.3) is 5.91 Å². The van der Waals surface area contributed by atoms with Crippen LogP contribution in [0.5, 0.6) is 0 Å². The number of aryl methyl sites for hydroxylation is 2. The van der Waals surface area contributed by atoms with E-state index in [0.717, 1.165) is 34.3 Å². The molecule has 0 spiro atoms. The van der Waals surface area contributed by atoms with Gasteiger partial charge in [-0.3, -0.25) is 9.78 Å². The molecular formula is C24H22N4O3. The fourth-order valence-electron chi connectivity index (χ4n) is 3.37. The van der Waals surface area contributed by atoms with E-state index in [1.165, 1.54) is 0 Å². The highest BCUT2D eigenvalue weighted by molar-refractivity contribution is 5.98. The van der Waals surface area contributed by atoms with Gasteiger partial charge >= 0.3 is 5.97 Å². The Bertz CT molecular complexity index is 1250. The Kier molecular flexibility index (Phi) is 5.75. The van der Waals surface area contributed by atoms with Crippen LogP contribution in [0.4, 0.5) is 5.69 Å². The molecule has 7 nitrogen and oxygen atoms in total. The normalized spacial score (nSPS) is 10.8. The lowest BCUT2D eigenvalue weighted by molar-refractivity contribution is -0.119. The number of nitrogens with one attached hydrogen (secondary N) is 2. The number of aromatic nitrogens is 3. The van der Waals surface area contributed by atoms with Gasteiger partial charge in [-0.25, -0.2) is 9.78 Å². The first-order chi connectivity index (χ1) is 15.0. The molecule has 0 radical (unpaired) electrons. The molecule has 1 amide bonds. The maximum absolute atomic E-state index is 12.5. The Hall–Kier alpha value is -4.00. The highest BCUT2D eigenvalue weighted by Gasteiger charge is 2.14. The second-order valence-corrected chi connectivity index (χ2v) is 7.15. The van der Waals surface area contributed by atoms with Crippen molar-refractivity contribution >= 4 is 28.6 Å². The van der Waals surface area contributed by atoms with Crippen LogP contribution in [-0.4, -0.2) is 33.4 Å². The number of imidazole rings is 1. The Morgan fingerprint density at radius 1 is 1.13 bits per heavy atom.